The van der Waals surface area contributed by atoms with Crippen molar-refractivity contribution in [2.24, 2.45) is 0 Å². The van der Waals surface area contributed by atoms with Gasteiger partial charge >= 0.3 is 0 Å². The van der Waals surface area contributed by atoms with Crippen molar-refractivity contribution in [3.63, 3.8) is 0 Å². The lowest BCUT2D eigenvalue weighted by Crippen LogP contribution is -2.52. The van der Waals surface area contributed by atoms with Crippen molar-refractivity contribution in [1.82, 2.24) is 14.1 Å². The second-order valence-electron chi connectivity index (χ2n) is 9.21. The molecule has 0 aliphatic carbocycles. The highest BCUT2D eigenvalue weighted by Crippen LogP contribution is 2.32. The maximum atomic E-state index is 13.4. The predicted molar refractivity (Wildman–Crippen MR) is 125 cm³/mol. The summed E-state index contributed by atoms with van der Waals surface area (Å²) in [5, 5.41) is 0. The smallest absolute Gasteiger partial charge is 0.253 e. The van der Waals surface area contributed by atoms with Crippen LogP contribution in [0, 0.1) is 0 Å². The number of carbonyl (C=O) groups excluding carboxylic acids is 1. The van der Waals surface area contributed by atoms with Crippen LogP contribution in [0.1, 0.15) is 43.0 Å². The molecule has 184 valence electrons. The Kier molecular flexibility index (Phi) is 7.05. The first-order chi connectivity index (χ1) is 15.6. The molecule has 3 heterocycles. The number of nitrogens with zero attached hydrogens (tertiary/aromatic N) is 3. The zero-order chi connectivity index (χ0) is 23.8. The molecule has 1 aromatic rings. The van der Waals surface area contributed by atoms with Crippen molar-refractivity contribution in [3.05, 3.63) is 23.8 Å². The largest absolute Gasteiger partial charge is 0.495 e. The summed E-state index contributed by atoms with van der Waals surface area (Å²) in [6.45, 7) is 4.55. The molecule has 3 fully saturated rings. The predicted octanol–water partition coefficient (Wildman–Crippen LogP) is 1.20. The van der Waals surface area contributed by atoms with Crippen molar-refractivity contribution in [2.75, 3.05) is 51.3 Å². The molecule has 1 aromatic carbocycles. The normalized spacial score (nSPS) is 26.9. The number of piperidine rings is 1. The minimum absolute atomic E-state index is 0.0246. The van der Waals surface area contributed by atoms with E-state index in [4.69, 9.17) is 4.74 Å². The Labute approximate surface area is 196 Å². The average molecular weight is 500 g/mol. The van der Waals surface area contributed by atoms with E-state index in [1.807, 2.05) is 6.92 Å². The molecule has 9 nitrogen and oxygen atoms in total. The molecule has 2 atom stereocenters. The van der Waals surface area contributed by atoms with Crippen LogP contribution in [-0.2, 0) is 19.9 Å². The van der Waals surface area contributed by atoms with Crippen LogP contribution in [0.5, 0.6) is 5.75 Å². The van der Waals surface area contributed by atoms with Crippen LogP contribution in [-0.4, -0.2) is 100 Å². The number of hydrogen-bond donors (Lipinski definition) is 0. The highest BCUT2D eigenvalue weighted by atomic mass is 32.2. The molecule has 0 bridgehead atoms. The van der Waals surface area contributed by atoms with E-state index in [9.17, 15) is 21.6 Å². The first kappa shape index (κ1) is 24.4. The molecule has 0 N–H and O–H groups in total. The van der Waals surface area contributed by atoms with E-state index in [2.05, 4.69) is 4.90 Å². The van der Waals surface area contributed by atoms with Gasteiger partial charge in [0, 0.05) is 50.4 Å². The average Bonchev–Trinajstić information content (AvgIpc) is 3.18. The van der Waals surface area contributed by atoms with Crippen molar-refractivity contribution in [1.29, 1.82) is 0 Å². The molecule has 1 amide bonds. The third-order valence-corrected chi connectivity index (χ3v) is 10.9. The fourth-order valence-electron chi connectivity index (χ4n) is 5.10. The number of amides is 1. The maximum Gasteiger partial charge on any atom is 0.253 e. The second-order valence-corrected chi connectivity index (χ2v) is 13.3. The van der Waals surface area contributed by atoms with Crippen molar-refractivity contribution < 1.29 is 26.4 Å². The first-order valence-electron chi connectivity index (χ1n) is 11.6. The highest BCUT2D eigenvalue weighted by molar-refractivity contribution is 7.91. The minimum Gasteiger partial charge on any atom is -0.495 e. The van der Waals surface area contributed by atoms with E-state index in [1.165, 1.54) is 17.5 Å². The van der Waals surface area contributed by atoms with Gasteiger partial charge in [-0.25, -0.2) is 16.8 Å². The molecule has 0 aromatic heterocycles. The van der Waals surface area contributed by atoms with Crippen molar-refractivity contribution in [2.45, 2.75) is 49.6 Å². The summed E-state index contributed by atoms with van der Waals surface area (Å²) >= 11 is 0. The van der Waals surface area contributed by atoms with Crippen molar-refractivity contribution >= 4 is 25.8 Å². The summed E-state index contributed by atoms with van der Waals surface area (Å²) in [6.07, 6.45) is 3.27. The first-order valence-corrected chi connectivity index (χ1v) is 14.8. The van der Waals surface area contributed by atoms with Crippen LogP contribution in [0.3, 0.4) is 0 Å². The third-order valence-electron chi connectivity index (χ3n) is 7.07. The van der Waals surface area contributed by atoms with Crippen LogP contribution >= 0.6 is 0 Å². The van der Waals surface area contributed by atoms with E-state index in [0.29, 0.717) is 44.7 Å². The highest BCUT2D eigenvalue weighted by Gasteiger charge is 2.36. The van der Waals surface area contributed by atoms with Crippen molar-refractivity contribution in [3.8, 4) is 5.75 Å². The number of carbonyl (C=O) groups is 1. The summed E-state index contributed by atoms with van der Waals surface area (Å²) in [5.74, 6) is 0.432. The van der Waals surface area contributed by atoms with Gasteiger partial charge in [0.05, 0.1) is 18.6 Å². The molecule has 11 heteroatoms. The number of hydrogen-bond acceptors (Lipinski definition) is 7. The third kappa shape index (κ3) is 5.06. The van der Waals surface area contributed by atoms with Crippen LogP contribution in [0.15, 0.2) is 23.1 Å². The monoisotopic (exact) mass is 499 g/mol. The lowest BCUT2D eigenvalue weighted by molar-refractivity contribution is 0.0587. The number of methoxy groups -OCH3 is 1. The van der Waals surface area contributed by atoms with Gasteiger partial charge < -0.3 is 9.64 Å². The van der Waals surface area contributed by atoms with Gasteiger partial charge in [-0.05, 0) is 44.4 Å². The molecule has 0 unspecified atom stereocenters. The second kappa shape index (κ2) is 9.52. The van der Waals surface area contributed by atoms with Crippen LogP contribution in [0.4, 0.5) is 0 Å². The number of benzene rings is 1. The van der Waals surface area contributed by atoms with Crippen LogP contribution in [0.2, 0.25) is 0 Å². The SMILES string of the molecule is COc1ccc(C(=O)N2CCN([C@H]3CCS(=O)(=O)C3)CC2)cc1S(=O)(=O)N1CCCC[C@H]1C. The molecular formula is C22H33N3O6S2. The Bertz CT molecular complexity index is 1100. The molecule has 3 saturated heterocycles. The Morgan fingerprint density at radius 3 is 2.39 bits per heavy atom. The van der Waals surface area contributed by atoms with Gasteiger partial charge in [0.2, 0.25) is 10.0 Å². The summed E-state index contributed by atoms with van der Waals surface area (Å²) in [5.41, 5.74) is 0.316. The van der Waals surface area contributed by atoms with Gasteiger partial charge in [0.25, 0.3) is 5.91 Å². The van der Waals surface area contributed by atoms with Gasteiger partial charge in [-0.1, -0.05) is 6.42 Å². The Balaban J connectivity index is 1.50. The Morgan fingerprint density at radius 1 is 1.06 bits per heavy atom. The molecule has 3 aliphatic heterocycles. The number of sulfone groups is 1. The molecule has 0 spiro atoms. The molecule has 4 rings (SSSR count). The van der Waals surface area contributed by atoms with Crippen LogP contribution < -0.4 is 4.74 Å². The number of sulfonamides is 1. The van der Waals surface area contributed by atoms with Gasteiger partial charge in [-0.2, -0.15) is 4.31 Å². The quantitative estimate of drug-likeness (QED) is 0.600. The summed E-state index contributed by atoms with van der Waals surface area (Å²) in [6, 6.07) is 4.52. The summed E-state index contributed by atoms with van der Waals surface area (Å²) in [7, 11) is -5.32. The topological polar surface area (TPSA) is 104 Å². The summed E-state index contributed by atoms with van der Waals surface area (Å²) in [4.78, 5) is 17.1. The van der Waals surface area contributed by atoms with Gasteiger partial charge in [0.15, 0.2) is 9.84 Å². The number of rotatable bonds is 5. The fourth-order valence-corrected chi connectivity index (χ4v) is 8.75. The van der Waals surface area contributed by atoms with E-state index < -0.39 is 19.9 Å². The van der Waals surface area contributed by atoms with Gasteiger partial charge in [-0.3, -0.25) is 9.69 Å². The molecular weight excluding hydrogens is 466 g/mol. The lowest BCUT2D eigenvalue weighted by atomic mass is 10.1. The van der Waals surface area contributed by atoms with E-state index >= 15 is 0 Å². The molecule has 3 aliphatic rings. The zero-order valence-electron chi connectivity index (χ0n) is 19.3. The van der Waals surface area contributed by atoms with Gasteiger partial charge in [-0.15, -0.1) is 0 Å². The minimum atomic E-state index is -3.80. The Hall–Kier alpha value is -1.69. The fraction of sp³-hybridized carbons (Fsp3) is 0.682. The van der Waals surface area contributed by atoms with Crippen LogP contribution in [0.25, 0.3) is 0 Å². The Morgan fingerprint density at radius 2 is 1.79 bits per heavy atom. The lowest BCUT2D eigenvalue weighted by Gasteiger charge is -2.37. The molecule has 33 heavy (non-hydrogen) atoms. The summed E-state index contributed by atoms with van der Waals surface area (Å²) < 4.78 is 57.3. The maximum absolute atomic E-state index is 13.4. The molecule has 0 saturated carbocycles. The standard InChI is InChI=1S/C22H33N3O6S2/c1-17-5-3-4-9-25(17)33(29,30)21-15-18(6-7-20(21)31-2)22(26)24-12-10-23(11-13-24)19-8-14-32(27,28)16-19/h6-7,15,17,19H,3-5,8-14,16H2,1-2H3/t17-,19+/m1/s1. The molecule has 0 radical (unpaired) electrons. The van der Waals surface area contributed by atoms with Gasteiger partial charge in [0.1, 0.15) is 10.6 Å². The zero-order valence-corrected chi connectivity index (χ0v) is 20.9. The van der Waals surface area contributed by atoms with E-state index in [-0.39, 0.29) is 40.1 Å². The number of piperazine rings is 1. The number of ether oxygens (including phenoxy) is 1. The van der Waals surface area contributed by atoms with E-state index in [1.54, 1.807) is 17.0 Å². The van der Waals surface area contributed by atoms with E-state index in [0.717, 1.165) is 19.3 Å².